The van der Waals surface area contributed by atoms with Crippen LogP contribution >= 0.6 is 0 Å². The van der Waals surface area contributed by atoms with Crippen molar-refractivity contribution in [2.24, 2.45) is 0 Å². The fourth-order valence-corrected chi connectivity index (χ4v) is 2.15. The largest absolute Gasteiger partial charge is 0.393 e. The smallest absolute Gasteiger partial charge is 0.133 e. The highest BCUT2D eigenvalue weighted by Crippen LogP contribution is 2.15. The first-order chi connectivity index (χ1) is 10.2. The van der Waals surface area contributed by atoms with Crippen molar-refractivity contribution < 1.29 is 9.90 Å². The number of carbonyl (C=O) groups is 1. The van der Waals surface area contributed by atoms with E-state index in [9.17, 15) is 9.90 Å². The molecule has 0 aromatic carbocycles. The average molecular weight is 278 g/mol. The Morgan fingerprint density at radius 1 is 1.00 bits per heavy atom. The second-order valence-corrected chi connectivity index (χ2v) is 5.12. The maximum absolute atomic E-state index is 11.8. The fraction of sp³-hybridized carbons (Fsp3) is 0.316. The van der Waals surface area contributed by atoms with Gasteiger partial charge in [-0.1, -0.05) is 22.9 Å². The molecular formula is C19H18O2. The zero-order valence-electron chi connectivity index (χ0n) is 11.9. The third kappa shape index (κ3) is 5.69. The maximum atomic E-state index is 11.8. The van der Waals surface area contributed by atoms with Crippen LogP contribution in [0.25, 0.3) is 0 Å². The molecule has 0 saturated carbocycles. The van der Waals surface area contributed by atoms with Gasteiger partial charge in [-0.15, -0.1) is 0 Å². The summed E-state index contributed by atoms with van der Waals surface area (Å²) in [6.45, 7) is 0. The van der Waals surface area contributed by atoms with E-state index in [4.69, 9.17) is 0 Å². The van der Waals surface area contributed by atoms with Crippen LogP contribution in [0.1, 0.15) is 32.1 Å². The molecular weight excluding hydrogens is 260 g/mol. The molecule has 0 aromatic heterocycles. The van der Waals surface area contributed by atoms with Crippen molar-refractivity contribution in [2.75, 3.05) is 0 Å². The number of Topliss-reactive ketones (excluding diaryl/α,β-unsaturated/α-hetero) is 1. The topological polar surface area (TPSA) is 37.3 Å². The standard InChI is InChI=1S/C19H18O2/c20-18(12-11-16-7-3-1-4-8-16)13-14-19(21)15-17-9-5-2-6-10-17/h3,5,7-10,19,21H,11-15H2. The summed E-state index contributed by atoms with van der Waals surface area (Å²) in [5.41, 5.74) is 13.5. The highest BCUT2D eigenvalue weighted by molar-refractivity contribution is 5.78. The number of hydrogen-bond donors (Lipinski definition) is 1. The first kappa shape index (κ1) is 15.1. The molecule has 0 aliphatic heterocycles. The van der Waals surface area contributed by atoms with E-state index < -0.39 is 6.10 Å². The first-order valence-corrected chi connectivity index (χ1v) is 7.17. The van der Waals surface area contributed by atoms with Gasteiger partial charge in [-0.3, -0.25) is 4.79 Å². The minimum absolute atomic E-state index is 0.190. The van der Waals surface area contributed by atoms with E-state index in [2.05, 4.69) is 22.9 Å². The molecule has 0 fully saturated rings. The van der Waals surface area contributed by atoms with Crippen molar-refractivity contribution in [3.8, 4) is 0 Å². The Labute approximate surface area is 125 Å². The molecule has 0 aromatic rings. The second-order valence-electron chi connectivity index (χ2n) is 5.12. The minimum atomic E-state index is -0.482. The minimum Gasteiger partial charge on any atom is -0.393 e. The quantitative estimate of drug-likeness (QED) is 0.690. The van der Waals surface area contributed by atoms with Crippen LogP contribution in [0.15, 0.2) is 70.5 Å². The van der Waals surface area contributed by atoms with Crippen molar-refractivity contribution in [1.82, 2.24) is 0 Å². The van der Waals surface area contributed by atoms with E-state index in [1.165, 1.54) is 0 Å². The lowest BCUT2D eigenvalue weighted by Crippen LogP contribution is -2.10. The Balaban J connectivity index is 1.64. The Bertz CT molecular complexity index is 662. The Morgan fingerprint density at radius 2 is 1.67 bits per heavy atom. The molecule has 0 bridgehead atoms. The number of aliphatic hydroxyl groups excluding tert-OH is 1. The zero-order chi connectivity index (χ0) is 14.9. The van der Waals surface area contributed by atoms with Crippen molar-refractivity contribution in [3.05, 3.63) is 70.5 Å². The molecule has 0 saturated heterocycles. The van der Waals surface area contributed by atoms with E-state index in [0.717, 1.165) is 17.6 Å². The van der Waals surface area contributed by atoms with E-state index in [1.54, 1.807) is 12.2 Å². The lowest BCUT2D eigenvalue weighted by molar-refractivity contribution is -0.119. The van der Waals surface area contributed by atoms with Crippen LogP contribution in [0.2, 0.25) is 0 Å². The normalized spacial score (nSPS) is 16.0. The molecule has 0 amide bonds. The lowest BCUT2D eigenvalue weighted by Gasteiger charge is -2.10. The van der Waals surface area contributed by atoms with Crippen LogP contribution in [0.3, 0.4) is 0 Å². The number of rotatable bonds is 8. The summed E-state index contributed by atoms with van der Waals surface area (Å²) in [5.74, 6) is 0.190. The van der Waals surface area contributed by atoms with Crippen LogP contribution in [0.4, 0.5) is 0 Å². The predicted molar refractivity (Wildman–Crippen MR) is 82.6 cm³/mol. The molecule has 2 rings (SSSR count). The molecule has 0 heterocycles. The Kier molecular flexibility index (Phi) is 5.83. The van der Waals surface area contributed by atoms with Crippen molar-refractivity contribution in [2.45, 2.75) is 38.2 Å². The number of allylic oxidation sites excluding steroid dienone is 7. The van der Waals surface area contributed by atoms with Gasteiger partial charge in [0.2, 0.25) is 0 Å². The Morgan fingerprint density at radius 3 is 2.29 bits per heavy atom. The van der Waals surface area contributed by atoms with Gasteiger partial charge in [0.1, 0.15) is 5.78 Å². The van der Waals surface area contributed by atoms with Crippen molar-refractivity contribution >= 4 is 5.78 Å². The lowest BCUT2D eigenvalue weighted by atomic mass is 9.99. The number of hydrogen-bond acceptors (Lipinski definition) is 2. The molecule has 106 valence electrons. The third-order valence-electron chi connectivity index (χ3n) is 3.36. The summed E-state index contributed by atoms with van der Waals surface area (Å²) in [7, 11) is 0. The van der Waals surface area contributed by atoms with E-state index in [-0.39, 0.29) is 5.78 Å². The third-order valence-corrected chi connectivity index (χ3v) is 3.36. The SMILES string of the molecule is O=C(CCC1=CC=C=C=C1)CCC(O)CC1=CC=C=C=C1. The average Bonchev–Trinajstić information content (AvgIpc) is 2.53. The summed E-state index contributed by atoms with van der Waals surface area (Å²) >= 11 is 0. The molecule has 2 aliphatic rings. The molecule has 2 nitrogen and oxygen atoms in total. The molecule has 21 heavy (non-hydrogen) atoms. The number of aliphatic hydroxyl groups is 1. The first-order valence-electron chi connectivity index (χ1n) is 7.17. The van der Waals surface area contributed by atoms with Crippen LogP contribution in [0.5, 0.6) is 0 Å². The summed E-state index contributed by atoms with van der Waals surface area (Å²) < 4.78 is 0. The van der Waals surface area contributed by atoms with Gasteiger partial charge in [-0.05, 0) is 66.9 Å². The monoisotopic (exact) mass is 278 g/mol. The molecule has 1 atom stereocenters. The van der Waals surface area contributed by atoms with Gasteiger partial charge in [0.15, 0.2) is 0 Å². The predicted octanol–water partition coefficient (Wildman–Crippen LogP) is 3.48. The van der Waals surface area contributed by atoms with Crippen LogP contribution < -0.4 is 0 Å². The summed E-state index contributed by atoms with van der Waals surface area (Å²) in [5, 5.41) is 9.95. The number of carbonyl (C=O) groups excluding carboxylic acids is 1. The van der Waals surface area contributed by atoms with Crippen molar-refractivity contribution in [3.63, 3.8) is 0 Å². The van der Waals surface area contributed by atoms with Gasteiger partial charge in [0.05, 0.1) is 6.10 Å². The molecule has 0 spiro atoms. The highest BCUT2D eigenvalue weighted by Gasteiger charge is 2.10. The van der Waals surface area contributed by atoms with Crippen LogP contribution in [0, 0.1) is 0 Å². The fourth-order valence-electron chi connectivity index (χ4n) is 2.15. The molecule has 2 aliphatic carbocycles. The van der Waals surface area contributed by atoms with Crippen molar-refractivity contribution in [1.29, 1.82) is 0 Å². The summed E-state index contributed by atoms with van der Waals surface area (Å²) in [6.07, 6.45) is 13.3. The van der Waals surface area contributed by atoms with E-state index in [0.29, 0.717) is 25.7 Å². The van der Waals surface area contributed by atoms with Gasteiger partial charge < -0.3 is 5.11 Å². The van der Waals surface area contributed by atoms with Gasteiger partial charge in [-0.2, -0.15) is 0 Å². The van der Waals surface area contributed by atoms with E-state index >= 15 is 0 Å². The maximum Gasteiger partial charge on any atom is 0.133 e. The van der Waals surface area contributed by atoms with Gasteiger partial charge >= 0.3 is 0 Å². The van der Waals surface area contributed by atoms with Crippen LogP contribution in [-0.2, 0) is 4.79 Å². The van der Waals surface area contributed by atoms with Crippen LogP contribution in [-0.4, -0.2) is 17.0 Å². The highest BCUT2D eigenvalue weighted by atomic mass is 16.3. The van der Waals surface area contributed by atoms with E-state index in [1.807, 2.05) is 24.3 Å². The second kappa shape index (κ2) is 8.10. The van der Waals surface area contributed by atoms with Gasteiger partial charge in [0.25, 0.3) is 0 Å². The summed E-state index contributed by atoms with van der Waals surface area (Å²) in [6, 6.07) is 0. The molecule has 2 heteroatoms. The summed E-state index contributed by atoms with van der Waals surface area (Å²) in [4.78, 5) is 11.8. The zero-order valence-corrected chi connectivity index (χ0v) is 11.9. The molecule has 0 radical (unpaired) electrons. The molecule has 1 N–H and O–H groups in total. The van der Waals surface area contributed by atoms with Gasteiger partial charge in [-0.25, -0.2) is 0 Å². The number of ketones is 1. The van der Waals surface area contributed by atoms with Gasteiger partial charge in [0, 0.05) is 12.8 Å². The molecule has 1 unspecified atom stereocenters. The Hall–Kier alpha value is -2.29.